The van der Waals surface area contributed by atoms with Crippen molar-refractivity contribution in [2.75, 3.05) is 0 Å². The number of aromatic nitrogens is 2. The molecule has 1 aromatic rings. The van der Waals surface area contributed by atoms with Gasteiger partial charge in [-0.05, 0) is 0 Å². The minimum Gasteiger partial charge on any atom is -0.726 e. The van der Waals surface area contributed by atoms with Gasteiger partial charge in [-0.2, -0.15) is 0 Å². The molecule has 0 spiro atoms. The molecule has 74 valence electrons. The fourth-order valence-electron chi connectivity index (χ4n) is 0.410. The molecule has 0 atom stereocenters. The van der Waals surface area contributed by atoms with Crippen LogP contribution in [0.2, 0.25) is 0 Å². The monoisotopic (exact) mass is 210 g/mol. The van der Waals surface area contributed by atoms with Gasteiger partial charge in [0.25, 0.3) is 0 Å². The molecule has 0 aliphatic heterocycles. The van der Waals surface area contributed by atoms with Crippen molar-refractivity contribution >= 4 is 16.4 Å². The molecule has 0 aliphatic carbocycles. The number of aromatic carboxylic acids is 1. The Hall–Kier alpha value is -1.45. The Balaban J connectivity index is 0.000000252. The van der Waals surface area contributed by atoms with E-state index in [1.165, 1.54) is 12.5 Å². The van der Waals surface area contributed by atoms with Gasteiger partial charge < -0.3 is 9.66 Å². The van der Waals surface area contributed by atoms with Gasteiger partial charge in [-0.15, -0.1) is 0 Å². The molecule has 1 aromatic heterocycles. The Morgan fingerprint density at radius 1 is 1.62 bits per heavy atom. The summed E-state index contributed by atoms with van der Waals surface area (Å²) in [6.07, 6.45) is 2.83. The van der Waals surface area contributed by atoms with E-state index in [0.717, 1.165) is 0 Å². The van der Waals surface area contributed by atoms with Crippen LogP contribution in [0.15, 0.2) is 12.5 Å². The van der Waals surface area contributed by atoms with Crippen LogP contribution in [0.3, 0.4) is 0 Å². The Morgan fingerprint density at radius 3 is 2.23 bits per heavy atom. The highest BCUT2D eigenvalue weighted by Gasteiger charge is 2.06. The van der Waals surface area contributed by atoms with Gasteiger partial charge in [0, 0.05) is 0 Å². The molecule has 0 aliphatic rings. The number of rotatable bonds is 1. The van der Waals surface area contributed by atoms with E-state index in [0.29, 0.717) is 0 Å². The highest BCUT2D eigenvalue weighted by atomic mass is 32.3. The van der Waals surface area contributed by atoms with Crippen molar-refractivity contribution in [3.05, 3.63) is 18.2 Å². The molecule has 0 radical (unpaired) electrons. The van der Waals surface area contributed by atoms with Gasteiger partial charge in [-0.1, -0.05) is 0 Å². The molecular weight excluding hydrogens is 204 g/mol. The molecule has 0 saturated carbocycles. The summed E-state index contributed by atoms with van der Waals surface area (Å²) >= 11 is 0. The molecule has 0 unspecified atom stereocenters. The first-order valence-electron chi connectivity index (χ1n) is 2.77. The topological polar surface area (TPSA) is 145 Å². The van der Waals surface area contributed by atoms with Crippen molar-refractivity contribution in [1.29, 1.82) is 0 Å². The van der Waals surface area contributed by atoms with Gasteiger partial charge in [0.05, 0.1) is 0 Å². The van der Waals surface area contributed by atoms with Gasteiger partial charge >= 0.3 is 5.97 Å². The van der Waals surface area contributed by atoms with Crippen LogP contribution in [-0.2, 0) is 10.4 Å². The number of carbonyl (C=O) groups is 1. The smallest absolute Gasteiger partial charge is 0.379 e. The SMILES string of the molecule is O=C(O)c1c[nH+]c[nH]1.O=S(=O)([O-])O. The van der Waals surface area contributed by atoms with Crippen LogP contribution >= 0.6 is 0 Å². The second kappa shape index (κ2) is 4.54. The number of carboxylic acids is 1. The van der Waals surface area contributed by atoms with Crippen LogP contribution in [-0.4, -0.2) is 33.6 Å². The number of hydrogen-bond donors (Lipinski definition) is 3. The van der Waals surface area contributed by atoms with Crippen molar-refractivity contribution in [2.24, 2.45) is 0 Å². The highest BCUT2D eigenvalue weighted by Crippen LogP contribution is 1.83. The zero-order valence-electron chi connectivity index (χ0n) is 6.09. The Bertz CT molecular complexity index is 346. The minimum atomic E-state index is -4.92. The molecule has 4 N–H and O–H groups in total. The van der Waals surface area contributed by atoms with Crippen molar-refractivity contribution in [3.8, 4) is 0 Å². The quantitative estimate of drug-likeness (QED) is 0.381. The summed E-state index contributed by atoms with van der Waals surface area (Å²) in [6, 6.07) is 0. The normalized spacial score (nSPS) is 10.0. The van der Waals surface area contributed by atoms with Crippen molar-refractivity contribution < 1.29 is 32.4 Å². The van der Waals surface area contributed by atoms with Crippen LogP contribution in [0, 0.1) is 0 Å². The molecule has 9 heteroatoms. The lowest BCUT2D eigenvalue weighted by Gasteiger charge is -1.88. The second-order valence-electron chi connectivity index (χ2n) is 1.75. The van der Waals surface area contributed by atoms with Gasteiger partial charge in [0.2, 0.25) is 22.4 Å². The first kappa shape index (κ1) is 11.6. The summed E-state index contributed by atoms with van der Waals surface area (Å²) in [5, 5.41) is 8.22. The average Bonchev–Trinajstić information content (AvgIpc) is 2.31. The summed E-state index contributed by atoms with van der Waals surface area (Å²) in [4.78, 5) is 15.1. The fraction of sp³-hybridized carbons (Fsp3) is 0. The first-order chi connectivity index (χ1) is 5.80. The third kappa shape index (κ3) is 8.46. The Morgan fingerprint density at radius 2 is 2.08 bits per heavy atom. The largest absolute Gasteiger partial charge is 0.726 e. The molecule has 13 heavy (non-hydrogen) atoms. The van der Waals surface area contributed by atoms with E-state index in [-0.39, 0.29) is 5.69 Å². The molecule has 0 saturated heterocycles. The van der Waals surface area contributed by atoms with E-state index in [9.17, 15) is 4.79 Å². The van der Waals surface area contributed by atoms with E-state index in [1.54, 1.807) is 0 Å². The van der Waals surface area contributed by atoms with Crippen LogP contribution < -0.4 is 4.98 Å². The van der Waals surface area contributed by atoms with Crippen molar-refractivity contribution in [1.82, 2.24) is 4.98 Å². The van der Waals surface area contributed by atoms with Crippen molar-refractivity contribution in [3.63, 3.8) is 0 Å². The molecule has 1 heterocycles. The lowest BCUT2D eigenvalue weighted by molar-refractivity contribution is -0.375. The predicted molar refractivity (Wildman–Crippen MR) is 36.6 cm³/mol. The first-order valence-corrected chi connectivity index (χ1v) is 4.13. The molecule has 8 nitrogen and oxygen atoms in total. The number of nitrogens with one attached hydrogen (secondary N) is 2. The summed E-state index contributed by atoms with van der Waals surface area (Å²) in [7, 11) is -4.92. The molecule has 0 amide bonds. The number of imidazole rings is 1. The molecule has 0 bridgehead atoms. The van der Waals surface area contributed by atoms with E-state index in [1.807, 2.05) is 0 Å². The van der Waals surface area contributed by atoms with Gasteiger partial charge in [0.1, 0.15) is 6.20 Å². The fourth-order valence-corrected chi connectivity index (χ4v) is 0.410. The average molecular weight is 210 g/mol. The van der Waals surface area contributed by atoms with Gasteiger partial charge in [0.15, 0.2) is 0 Å². The maximum atomic E-state index is 10.0. The zero-order chi connectivity index (χ0) is 10.5. The third-order valence-corrected chi connectivity index (χ3v) is 0.769. The van der Waals surface area contributed by atoms with Gasteiger partial charge in [-0.3, -0.25) is 4.55 Å². The number of carboxylic acid groups (broad SMARTS) is 1. The van der Waals surface area contributed by atoms with Crippen molar-refractivity contribution in [2.45, 2.75) is 0 Å². The number of aromatic amines is 2. The van der Waals surface area contributed by atoms with E-state index in [4.69, 9.17) is 22.6 Å². The summed E-state index contributed by atoms with van der Waals surface area (Å²) in [5.74, 6) is -0.953. The second-order valence-corrected chi connectivity index (χ2v) is 2.60. The maximum Gasteiger partial charge on any atom is 0.379 e. The maximum absolute atomic E-state index is 10.0. The van der Waals surface area contributed by atoms with Crippen LogP contribution in [0.1, 0.15) is 10.5 Å². The van der Waals surface area contributed by atoms with Crippen LogP contribution in [0.5, 0.6) is 0 Å². The standard InChI is InChI=1S/C4H4N2O2.H2O4S/c7-4(8)3-1-5-2-6-3;1-5(2,3)4/h1-2H,(H,5,6)(H,7,8);(H2,1,2,3,4). The predicted octanol–water partition coefficient (Wildman–Crippen LogP) is -1.47. The van der Waals surface area contributed by atoms with Gasteiger partial charge in [-0.25, -0.2) is 23.2 Å². The lowest BCUT2D eigenvalue weighted by atomic mass is 10.5. The highest BCUT2D eigenvalue weighted by molar-refractivity contribution is 7.79. The van der Waals surface area contributed by atoms with E-state index < -0.39 is 16.4 Å². The number of hydrogen-bond acceptors (Lipinski definition) is 4. The summed E-state index contributed by atoms with van der Waals surface area (Å²) < 4.78 is 32.8. The van der Waals surface area contributed by atoms with E-state index in [2.05, 4.69) is 9.97 Å². The molecular formula is C4H6N2O6S. The zero-order valence-corrected chi connectivity index (χ0v) is 6.91. The Kier molecular flexibility index (Phi) is 4.04. The number of H-pyrrole nitrogens is 2. The minimum absolute atomic E-state index is 0.171. The third-order valence-electron chi connectivity index (χ3n) is 0.769. The Labute approximate surface area is 72.8 Å². The summed E-state index contributed by atoms with van der Waals surface area (Å²) in [6.45, 7) is 0. The van der Waals surface area contributed by atoms with E-state index >= 15 is 0 Å². The molecule has 0 aromatic carbocycles. The lowest BCUT2D eigenvalue weighted by Crippen LogP contribution is -1.96. The van der Waals surface area contributed by atoms with Crippen LogP contribution in [0.4, 0.5) is 0 Å². The van der Waals surface area contributed by atoms with Crippen LogP contribution in [0.25, 0.3) is 0 Å². The molecule has 0 fully saturated rings. The molecule has 1 rings (SSSR count). The summed E-state index contributed by atoms with van der Waals surface area (Å²) in [5.41, 5.74) is 0.171.